The lowest BCUT2D eigenvalue weighted by Crippen LogP contribution is -2.54. The minimum atomic E-state index is 0.574. The van der Waals surface area contributed by atoms with Crippen LogP contribution in [0.4, 0.5) is 5.69 Å². The van der Waals surface area contributed by atoms with Gasteiger partial charge < -0.3 is 10.3 Å². The molecule has 3 heteroatoms. The van der Waals surface area contributed by atoms with Crippen LogP contribution in [0.1, 0.15) is 0 Å². The monoisotopic (exact) mass is 136 g/mol. The van der Waals surface area contributed by atoms with Crippen molar-refractivity contribution in [3.63, 3.8) is 0 Å². The van der Waals surface area contributed by atoms with Gasteiger partial charge in [0.25, 0.3) is 0 Å². The molecule has 10 heavy (non-hydrogen) atoms. The Bertz CT molecular complexity index is 235. The summed E-state index contributed by atoms with van der Waals surface area (Å²) in [6.07, 6.45) is 0. The van der Waals surface area contributed by atoms with Crippen molar-refractivity contribution >= 4 is 5.69 Å². The van der Waals surface area contributed by atoms with E-state index < -0.39 is 0 Å². The first-order valence-electron chi connectivity index (χ1n) is 2.91. The van der Waals surface area contributed by atoms with Crippen LogP contribution in [0.5, 0.6) is 5.75 Å². The number of hydrogen-bond donors (Lipinski definition) is 1. The van der Waals surface area contributed by atoms with Gasteiger partial charge in [0.05, 0.1) is 7.11 Å². The first-order chi connectivity index (χ1) is 4.88. The Balaban J connectivity index is 3.08. The summed E-state index contributed by atoms with van der Waals surface area (Å²) in [7, 11) is 1.55. The molecule has 3 nitrogen and oxygen atoms in total. The molecule has 0 fully saturated rings. The van der Waals surface area contributed by atoms with Crippen molar-refractivity contribution in [1.82, 2.24) is 0 Å². The Morgan fingerprint density at radius 3 is 2.60 bits per heavy atom. The molecule has 0 amide bonds. The minimum absolute atomic E-state index is 0.574. The van der Waals surface area contributed by atoms with Gasteiger partial charge in [-0.25, -0.2) is 0 Å². The number of para-hydroxylation sites is 2. The molecular weight excluding hydrogens is 128 g/mol. The van der Waals surface area contributed by atoms with Crippen LogP contribution in [-0.2, 0) is 0 Å². The molecule has 1 N–H and O–H groups in total. The Labute approximate surface area is 59.1 Å². The van der Waals surface area contributed by atoms with Crippen LogP contribution in [-0.4, -0.2) is 7.11 Å². The predicted octanol–water partition coefficient (Wildman–Crippen LogP) is 0.429. The maximum absolute atomic E-state index is 8.52. The summed E-state index contributed by atoms with van der Waals surface area (Å²) in [6.45, 7) is 0. The Hall–Kier alpha value is -1.38. The van der Waals surface area contributed by atoms with Gasteiger partial charge in [-0.3, -0.25) is 5.11 Å². The van der Waals surface area contributed by atoms with Crippen molar-refractivity contribution in [2.24, 2.45) is 0 Å². The highest BCUT2D eigenvalue weighted by Crippen LogP contribution is 2.16. The van der Waals surface area contributed by atoms with E-state index in [0.717, 1.165) is 0 Å². The van der Waals surface area contributed by atoms with E-state index in [1.54, 1.807) is 25.3 Å². The summed E-state index contributed by atoms with van der Waals surface area (Å²) in [5.41, 5.74) is 9.09. The normalized spacial score (nSPS) is 8.90. The van der Waals surface area contributed by atoms with Gasteiger partial charge in [0.15, 0.2) is 5.75 Å². The Kier molecular flexibility index (Phi) is 1.99. The average Bonchev–Trinajstić information content (AvgIpc) is 2.04. The molecule has 1 aromatic carbocycles. The number of nitrogens with zero attached hydrogens (tertiary/aromatic N) is 1. The number of methoxy groups -OCH3 is 1. The highest BCUT2D eigenvalue weighted by atomic mass is 16.5. The molecule has 52 valence electrons. The third kappa shape index (κ3) is 1.13. The zero-order valence-electron chi connectivity index (χ0n) is 5.66. The maximum Gasteiger partial charge on any atom is 0.235 e. The van der Waals surface area contributed by atoms with E-state index in [9.17, 15) is 0 Å². The lowest BCUT2D eigenvalue weighted by molar-refractivity contribution is -0.380. The summed E-state index contributed by atoms with van der Waals surface area (Å²) in [6, 6.07) is 7.12. The molecule has 0 unspecified atom stereocenters. The standard InChI is InChI=1S/C7H8N2O/c1-10-7-5-3-2-4-6(7)9-8/h2-5,9H,1H3. The van der Waals surface area contributed by atoms with E-state index in [2.05, 4.69) is 0 Å². The van der Waals surface area contributed by atoms with E-state index in [4.69, 9.17) is 10.3 Å². The highest BCUT2D eigenvalue weighted by molar-refractivity contribution is 5.44. The first kappa shape index (κ1) is 6.74. The molecule has 0 aliphatic heterocycles. The molecule has 0 heterocycles. The van der Waals surface area contributed by atoms with Crippen molar-refractivity contribution in [2.45, 2.75) is 0 Å². The highest BCUT2D eigenvalue weighted by Gasteiger charge is 1.99. The van der Waals surface area contributed by atoms with E-state index in [0.29, 0.717) is 11.4 Å². The van der Waals surface area contributed by atoms with Gasteiger partial charge in [-0.1, -0.05) is 12.1 Å². The summed E-state index contributed by atoms with van der Waals surface area (Å²) in [5.74, 6) is 0.630. The molecule has 1 aromatic rings. The SMILES string of the molecule is COc1ccccc1[NH+]=[N-]. The Morgan fingerprint density at radius 2 is 2.10 bits per heavy atom. The fourth-order valence-electron chi connectivity index (χ4n) is 0.737. The number of rotatable bonds is 2. The molecule has 0 atom stereocenters. The average molecular weight is 136 g/mol. The number of ether oxygens (including phenoxy) is 1. The van der Waals surface area contributed by atoms with Gasteiger partial charge in [-0.2, -0.15) is 0 Å². The molecule has 0 saturated heterocycles. The van der Waals surface area contributed by atoms with Crippen LogP contribution in [0.25, 0.3) is 5.53 Å². The van der Waals surface area contributed by atoms with Crippen LogP contribution in [0.2, 0.25) is 0 Å². The van der Waals surface area contributed by atoms with Gasteiger partial charge >= 0.3 is 0 Å². The summed E-state index contributed by atoms with van der Waals surface area (Å²) in [5, 5.41) is 2.02. The van der Waals surface area contributed by atoms with Crippen LogP contribution in [0.15, 0.2) is 24.3 Å². The molecule has 0 saturated carbocycles. The summed E-state index contributed by atoms with van der Waals surface area (Å²) < 4.78 is 4.91. The van der Waals surface area contributed by atoms with Crippen LogP contribution >= 0.6 is 0 Å². The second-order valence-corrected chi connectivity index (χ2v) is 1.81. The predicted molar refractivity (Wildman–Crippen MR) is 37.0 cm³/mol. The molecule has 0 radical (unpaired) electrons. The van der Waals surface area contributed by atoms with Crippen LogP contribution in [0.3, 0.4) is 0 Å². The van der Waals surface area contributed by atoms with E-state index in [1.165, 1.54) is 0 Å². The minimum Gasteiger partial charge on any atom is -0.502 e. The van der Waals surface area contributed by atoms with Crippen molar-refractivity contribution in [3.8, 4) is 5.75 Å². The number of hydrogen-bond acceptors (Lipinski definition) is 1. The van der Waals surface area contributed by atoms with Crippen LogP contribution < -0.4 is 9.85 Å². The molecule has 0 spiro atoms. The third-order valence-electron chi connectivity index (χ3n) is 1.23. The fourth-order valence-corrected chi connectivity index (χ4v) is 0.737. The molecular formula is C7H8N2O. The zero-order valence-corrected chi connectivity index (χ0v) is 5.66. The molecule has 1 rings (SSSR count). The fraction of sp³-hybridized carbons (Fsp3) is 0.143. The number of benzene rings is 1. The van der Waals surface area contributed by atoms with Gasteiger partial charge in [-0.05, 0) is 6.07 Å². The molecule has 0 aliphatic rings. The second kappa shape index (κ2) is 2.96. The topological polar surface area (TPSA) is 45.5 Å². The van der Waals surface area contributed by atoms with Crippen LogP contribution in [0, 0.1) is 0 Å². The Morgan fingerprint density at radius 1 is 1.40 bits per heavy atom. The first-order valence-corrected chi connectivity index (χ1v) is 2.91. The van der Waals surface area contributed by atoms with Gasteiger partial charge in [-0.15, -0.1) is 0 Å². The second-order valence-electron chi connectivity index (χ2n) is 1.81. The van der Waals surface area contributed by atoms with E-state index >= 15 is 0 Å². The molecule has 0 bridgehead atoms. The van der Waals surface area contributed by atoms with Gasteiger partial charge in [0.2, 0.25) is 5.69 Å². The zero-order chi connectivity index (χ0) is 7.40. The third-order valence-corrected chi connectivity index (χ3v) is 1.23. The van der Waals surface area contributed by atoms with Crippen molar-refractivity contribution in [2.75, 3.05) is 7.11 Å². The quantitative estimate of drug-likeness (QED) is 0.589. The maximum atomic E-state index is 8.52. The van der Waals surface area contributed by atoms with E-state index in [-0.39, 0.29) is 0 Å². The lowest BCUT2D eigenvalue weighted by Gasteiger charge is -1.98. The molecule has 0 aromatic heterocycles. The molecule has 0 aliphatic carbocycles. The van der Waals surface area contributed by atoms with Crippen molar-refractivity contribution in [1.29, 1.82) is 0 Å². The smallest absolute Gasteiger partial charge is 0.235 e. The largest absolute Gasteiger partial charge is 0.502 e. The lowest BCUT2D eigenvalue weighted by atomic mass is 10.3. The summed E-state index contributed by atoms with van der Waals surface area (Å²) in [4.78, 5) is 0. The number of nitrogens with one attached hydrogen (secondary N) is 1. The van der Waals surface area contributed by atoms with E-state index in [1.807, 2.05) is 11.2 Å². The van der Waals surface area contributed by atoms with Gasteiger partial charge in [0, 0.05) is 6.07 Å². The summed E-state index contributed by atoms with van der Waals surface area (Å²) >= 11 is 0. The van der Waals surface area contributed by atoms with Crippen molar-refractivity contribution < 1.29 is 9.85 Å². The van der Waals surface area contributed by atoms with Gasteiger partial charge in [0.1, 0.15) is 0 Å². The van der Waals surface area contributed by atoms with Crippen molar-refractivity contribution in [3.05, 3.63) is 29.8 Å².